The van der Waals surface area contributed by atoms with E-state index >= 15 is 0 Å². The molecule has 1 aliphatic rings. The lowest BCUT2D eigenvalue weighted by Crippen LogP contribution is -2.50. The van der Waals surface area contributed by atoms with Crippen molar-refractivity contribution in [1.82, 2.24) is 10.2 Å². The molecule has 6 heteroatoms. The molecule has 0 saturated carbocycles. The number of carbonyl (C=O) groups is 2. The minimum absolute atomic E-state index is 0.201. The van der Waals surface area contributed by atoms with Crippen molar-refractivity contribution in [1.29, 1.82) is 5.26 Å². The summed E-state index contributed by atoms with van der Waals surface area (Å²) >= 11 is 0. The quantitative estimate of drug-likeness (QED) is 0.703. The summed E-state index contributed by atoms with van der Waals surface area (Å²) in [6, 6.07) is 15.8. The van der Waals surface area contributed by atoms with Crippen LogP contribution in [0.1, 0.15) is 37.3 Å². The molecule has 30 heavy (non-hydrogen) atoms. The van der Waals surface area contributed by atoms with Gasteiger partial charge in [0.1, 0.15) is 6.04 Å². The number of hydrogen-bond acceptors (Lipinski definition) is 4. The van der Waals surface area contributed by atoms with Crippen molar-refractivity contribution >= 4 is 11.9 Å². The van der Waals surface area contributed by atoms with Crippen LogP contribution in [0.4, 0.5) is 0 Å². The van der Waals surface area contributed by atoms with Crippen LogP contribution < -0.4 is 5.32 Å². The first-order chi connectivity index (χ1) is 14.5. The second-order valence-electron chi connectivity index (χ2n) is 7.65. The Morgan fingerprint density at radius 3 is 2.63 bits per heavy atom. The highest BCUT2D eigenvalue weighted by atomic mass is 16.4. The Labute approximate surface area is 177 Å². The van der Waals surface area contributed by atoms with Crippen molar-refractivity contribution < 1.29 is 14.7 Å². The molecule has 1 aliphatic heterocycles. The van der Waals surface area contributed by atoms with Crippen LogP contribution in [0.15, 0.2) is 48.5 Å². The molecule has 6 nitrogen and oxygen atoms in total. The Balaban J connectivity index is 1.69. The number of nitrogens with zero attached hydrogens (tertiary/aromatic N) is 2. The zero-order valence-corrected chi connectivity index (χ0v) is 17.2. The van der Waals surface area contributed by atoms with Gasteiger partial charge in [-0.1, -0.05) is 49.4 Å². The van der Waals surface area contributed by atoms with Gasteiger partial charge in [-0.2, -0.15) is 5.26 Å². The molecule has 0 aliphatic carbocycles. The third kappa shape index (κ3) is 5.05. The van der Waals surface area contributed by atoms with Crippen LogP contribution >= 0.6 is 0 Å². The number of amides is 1. The number of carboxylic acids is 1. The molecule has 1 saturated heterocycles. The maximum Gasteiger partial charge on any atom is 0.326 e. The summed E-state index contributed by atoms with van der Waals surface area (Å²) < 4.78 is 0. The first kappa shape index (κ1) is 21.5. The first-order valence-corrected chi connectivity index (χ1v) is 10.4. The summed E-state index contributed by atoms with van der Waals surface area (Å²) in [7, 11) is 0. The van der Waals surface area contributed by atoms with Gasteiger partial charge in [0.05, 0.1) is 17.7 Å². The predicted molar refractivity (Wildman–Crippen MR) is 115 cm³/mol. The van der Waals surface area contributed by atoms with Crippen LogP contribution in [0.5, 0.6) is 0 Å². The standard InChI is InChI=1S/C24H27N3O3/c1-2-13-27-14-5-8-22(27)23(28)26-21(24(29)30)15-17-9-11-18(12-10-17)20-7-4-3-6-19(20)16-25/h3-4,6-7,9-12,21-22H,2,5,8,13-15H2,1H3,(H,26,28)(H,29,30)/t21-,22-/m0/s1. The van der Waals surface area contributed by atoms with Crippen molar-refractivity contribution in [3.8, 4) is 17.2 Å². The van der Waals surface area contributed by atoms with Crippen LogP contribution in [0.2, 0.25) is 0 Å². The molecule has 2 N–H and O–H groups in total. The highest BCUT2D eigenvalue weighted by Crippen LogP contribution is 2.24. The zero-order chi connectivity index (χ0) is 21.5. The molecule has 1 heterocycles. The first-order valence-electron chi connectivity index (χ1n) is 10.4. The van der Waals surface area contributed by atoms with Gasteiger partial charge in [-0.25, -0.2) is 4.79 Å². The van der Waals surface area contributed by atoms with Crippen molar-refractivity contribution in [2.45, 2.75) is 44.7 Å². The van der Waals surface area contributed by atoms with Crippen LogP contribution in [0.3, 0.4) is 0 Å². The van der Waals surface area contributed by atoms with E-state index in [9.17, 15) is 20.0 Å². The number of aliphatic carboxylic acids is 1. The number of carboxylic acid groups (broad SMARTS) is 1. The molecule has 0 aromatic heterocycles. The van der Waals surface area contributed by atoms with E-state index in [1.165, 1.54) is 0 Å². The number of benzene rings is 2. The van der Waals surface area contributed by atoms with Crippen LogP contribution in [-0.2, 0) is 16.0 Å². The summed E-state index contributed by atoms with van der Waals surface area (Å²) in [5, 5.41) is 21.7. The SMILES string of the molecule is CCCN1CCC[C@H]1C(=O)N[C@@H](Cc1ccc(-c2ccccc2C#N)cc1)C(=O)O. The largest absolute Gasteiger partial charge is 0.480 e. The Bertz CT molecular complexity index is 933. The number of rotatable bonds is 8. The van der Waals surface area contributed by atoms with E-state index in [0.29, 0.717) is 5.56 Å². The van der Waals surface area contributed by atoms with Crippen LogP contribution in [0.25, 0.3) is 11.1 Å². The highest BCUT2D eigenvalue weighted by molar-refractivity contribution is 5.87. The van der Waals surface area contributed by atoms with E-state index in [-0.39, 0.29) is 18.4 Å². The van der Waals surface area contributed by atoms with E-state index in [1.54, 1.807) is 6.07 Å². The second kappa shape index (κ2) is 10.0. The van der Waals surface area contributed by atoms with Crippen molar-refractivity contribution in [3.05, 3.63) is 59.7 Å². The molecular weight excluding hydrogens is 378 g/mol. The summed E-state index contributed by atoms with van der Waals surface area (Å²) in [5.74, 6) is -1.24. The number of hydrogen-bond donors (Lipinski definition) is 2. The molecule has 156 valence electrons. The molecule has 3 rings (SSSR count). The lowest BCUT2D eigenvalue weighted by Gasteiger charge is -2.25. The summed E-state index contributed by atoms with van der Waals surface area (Å²) in [5.41, 5.74) is 3.15. The van der Waals surface area contributed by atoms with E-state index in [1.807, 2.05) is 42.5 Å². The number of likely N-dealkylation sites (tertiary alicyclic amines) is 1. The number of nitrogens with one attached hydrogen (secondary N) is 1. The van der Waals surface area contributed by atoms with E-state index in [4.69, 9.17) is 0 Å². The lowest BCUT2D eigenvalue weighted by atomic mass is 9.97. The Morgan fingerprint density at radius 2 is 1.97 bits per heavy atom. The van der Waals surface area contributed by atoms with Gasteiger partial charge in [0.15, 0.2) is 0 Å². The fraction of sp³-hybridized carbons (Fsp3) is 0.375. The minimum Gasteiger partial charge on any atom is -0.480 e. The minimum atomic E-state index is -1.04. The maximum atomic E-state index is 12.7. The third-order valence-electron chi connectivity index (χ3n) is 5.54. The lowest BCUT2D eigenvalue weighted by molar-refractivity contribution is -0.142. The topological polar surface area (TPSA) is 93.4 Å². The average molecular weight is 405 g/mol. The molecule has 2 aromatic carbocycles. The van der Waals surface area contributed by atoms with Crippen LogP contribution in [-0.4, -0.2) is 47.1 Å². The van der Waals surface area contributed by atoms with Crippen molar-refractivity contribution in [3.63, 3.8) is 0 Å². The van der Waals surface area contributed by atoms with Gasteiger partial charge in [0, 0.05) is 6.42 Å². The van der Waals surface area contributed by atoms with Gasteiger partial charge in [-0.3, -0.25) is 9.69 Å². The highest BCUT2D eigenvalue weighted by Gasteiger charge is 2.32. The molecule has 0 spiro atoms. The van der Waals surface area contributed by atoms with E-state index in [0.717, 1.165) is 49.0 Å². The third-order valence-corrected chi connectivity index (χ3v) is 5.54. The molecular formula is C24H27N3O3. The molecule has 0 unspecified atom stereocenters. The maximum absolute atomic E-state index is 12.7. The second-order valence-corrected chi connectivity index (χ2v) is 7.65. The average Bonchev–Trinajstić information content (AvgIpc) is 3.22. The number of nitriles is 1. The van der Waals surface area contributed by atoms with Gasteiger partial charge < -0.3 is 10.4 Å². The summed E-state index contributed by atoms with van der Waals surface area (Å²) in [4.78, 5) is 26.6. The summed E-state index contributed by atoms with van der Waals surface area (Å²) in [6.45, 7) is 3.81. The Kier molecular flexibility index (Phi) is 7.21. The van der Waals surface area contributed by atoms with Gasteiger partial charge in [-0.15, -0.1) is 0 Å². The van der Waals surface area contributed by atoms with Gasteiger partial charge in [0.2, 0.25) is 5.91 Å². The van der Waals surface area contributed by atoms with Gasteiger partial charge in [-0.05, 0) is 55.1 Å². The molecule has 0 bridgehead atoms. The fourth-order valence-corrected chi connectivity index (χ4v) is 4.03. The predicted octanol–water partition coefficient (Wildman–Crippen LogP) is 3.21. The van der Waals surface area contributed by atoms with E-state index < -0.39 is 12.0 Å². The molecule has 1 amide bonds. The molecule has 2 aromatic rings. The Morgan fingerprint density at radius 1 is 1.23 bits per heavy atom. The van der Waals surface area contributed by atoms with Crippen molar-refractivity contribution in [2.24, 2.45) is 0 Å². The number of carbonyl (C=O) groups excluding carboxylic acids is 1. The zero-order valence-electron chi connectivity index (χ0n) is 17.2. The molecule has 1 fully saturated rings. The smallest absolute Gasteiger partial charge is 0.326 e. The molecule has 2 atom stereocenters. The van der Waals surface area contributed by atoms with Crippen LogP contribution in [0, 0.1) is 11.3 Å². The normalized spacial score (nSPS) is 17.3. The molecule has 0 radical (unpaired) electrons. The Hall–Kier alpha value is -3.17. The fourth-order valence-electron chi connectivity index (χ4n) is 4.03. The summed E-state index contributed by atoms with van der Waals surface area (Å²) in [6.07, 6.45) is 2.90. The van der Waals surface area contributed by atoms with E-state index in [2.05, 4.69) is 23.2 Å². The van der Waals surface area contributed by atoms with Gasteiger partial charge in [0.25, 0.3) is 0 Å². The van der Waals surface area contributed by atoms with Gasteiger partial charge >= 0.3 is 5.97 Å². The monoisotopic (exact) mass is 405 g/mol. The van der Waals surface area contributed by atoms with Crippen molar-refractivity contribution in [2.75, 3.05) is 13.1 Å².